The van der Waals surface area contributed by atoms with E-state index in [4.69, 9.17) is 4.74 Å². The van der Waals surface area contributed by atoms with Gasteiger partial charge < -0.3 is 9.64 Å². The summed E-state index contributed by atoms with van der Waals surface area (Å²) in [7, 11) is 0. The van der Waals surface area contributed by atoms with Crippen molar-refractivity contribution in [3.63, 3.8) is 0 Å². The Balaban J connectivity index is 1.57. The van der Waals surface area contributed by atoms with Gasteiger partial charge >= 0.3 is 6.18 Å². The van der Waals surface area contributed by atoms with Gasteiger partial charge in [-0.1, -0.05) is 6.07 Å². The number of ether oxygens (including phenoxy) is 1. The monoisotopic (exact) mass is 448 g/mol. The van der Waals surface area contributed by atoms with E-state index in [0.717, 1.165) is 9.64 Å². The zero-order valence-electron chi connectivity index (χ0n) is 12.3. The summed E-state index contributed by atoms with van der Waals surface area (Å²) in [5.41, 5.74) is -0.419. The highest BCUT2D eigenvalue weighted by molar-refractivity contribution is 14.1. The number of amides is 1. The maximum absolute atomic E-state index is 12.6. The maximum atomic E-state index is 12.6. The Morgan fingerprint density at radius 3 is 2.46 bits per heavy atom. The van der Waals surface area contributed by atoms with Crippen LogP contribution in [0.4, 0.5) is 13.2 Å². The topological polar surface area (TPSA) is 42.4 Å². The van der Waals surface area contributed by atoms with Crippen LogP contribution in [0.2, 0.25) is 0 Å². The molecule has 0 unspecified atom stereocenters. The van der Waals surface area contributed by atoms with E-state index in [0.29, 0.717) is 18.7 Å². The number of carbonyl (C=O) groups excluding carboxylic acids is 1. The van der Waals surface area contributed by atoms with Crippen molar-refractivity contribution in [2.45, 2.75) is 12.3 Å². The van der Waals surface area contributed by atoms with Crippen LogP contribution in [0.5, 0.6) is 5.88 Å². The predicted molar refractivity (Wildman–Crippen MR) is 88.7 cm³/mol. The van der Waals surface area contributed by atoms with Crippen LogP contribution in [0.15, 0.2) is 42.5 Å². The van der Waals surface area contributed by atoms with Crippen LogP contribution >= 0.6 is 22.6 Å². The molecule has 126 valence electrons. The molecule has 2 heterocycles. The second kappa shape index (κ2) is 6.58. The van der Waals surface area contributed by atoms with E-state index in [-0.39, 0.29) is 17.9 Å². The minimum absolute atomic E-state index is 0.0869. The number of halogens is 4. The van der Waals surface area contributed by atoms with E-state index in [1.165, 1.54) is 12.1 Å². The summed E-state index contributed by atoms with van der Waals surface area (Å²) < 4.78 is 44.3. The average molecular weight is 448 g/mol. The van der Waals surface area contributed by atoms with Gasteiger partial charge in [0.2, 0.25) is 5.88 Å². The molecule has 0 N–H and O–H groups in total. The van der Waals surface area contributed by atoms with Gasteiger partial charge in [-0.15, -0.1) is 0 Å². The van der Waals surface area contributed by atoms with Crippen LogP contribution < -0.4 is 4.74 Å². The smallest absolute Gasteiger partial charge is 0.433 e. The van der Waals surface area contributed by atoms with Crippen molar-refractivity contribution in [1.82, 2.24) is 9.88 Å². The molecule has 2 aromatic rings. The van der Waals surface area contributed by atoms with E-state index in [2.05, 4.69) is 27.6 Å². The first-order valence-corrected chi connectivity index (χ1v) is 8.16. The summed E-state index contributed by atoms with van der Waals surface area (Å²) in [6, 6.07) is 10.7. The molecule has 3 rings (SSSR count). The summed E-state index contributed by atoms with van der Waals surface area (Å²) in [6.45, 7) is 0.644. The van der Waals surface area contributed by atoms with Crippen molar-refractivity contribution in [3.8, 4) is 5.88 Å². The summed E-state index contributed by atoms with van der Waals surface area (Å²) in [4.78, 5) is 17.3. The molecule has 0 atom stereocenters. The molecule has 24 heavy (non-hydrogen) atoms. The van der Waals surface area contributed by atoms with Gasteiger partial charge in [-0.25, -0.2) is 4.98 Å². The lowest BCUT2D eigenvalue weighted by Crippen LogP contribution is -2.56. The van der Waals surface area contributed by atoms with Crippen LogP contribution in [0.1, 0.15) is 16.1 Å². The van der Waals surface area contributed by atoms with Gasteiger partial charge in [0.1, 0.15) is 11.8 Å². The lowest BCUT2D eigenvalue weighted by Gasteiger charge is -2.38. The molecule has 0 spiro atoms. The summed E-state index contributed by atoms with van der Waals surface area (Å²) >= 11 is 2.15. The largest absolute Gasteiger partial charge is 0.471 e. The lowest BCUT2D eigenvalue weighted by molar-refractivity contribution is -0.141. The van der Waals surface area contributed by atoms with Crippen LogP contribution in [0.3, 0.4) is 0 Å². The third kappa shape index (κ3) is 3.80. The number of hydrogen-bond acceptors (Lipinski definition) is 3. The van der Waals surface area contributed by atoms with Crippen LogP contribution in [-0.2, 0) is 6.18 Å². The van der Waals surface area contributed by atoms with E-state index < -0.39 is 11.9 Å². The molecule has 1 aromatic carbocycles. The molecule has 0 saturated carbocycles. The van der Waals surface area contributed by atoms with Gasteiger partial charge in [-0.3, -0.25) is 4.79 Å². The molecular formula is C16H12F3IN2O2. The van der Waals surface area contributed by atoms with Crippen LogP contribution in [-0.4, -0.2) is 35.0 Å². The fourth-order valence-corrected chi connectivity index (χ4v) is 2.62. The fourth-order valence-electron chi connectivity index (χ4n) is 2.26. The van der Waals surface area contributed by atoms with Crippen molar-refractivity contribution in [2.24, 2.45) is 0 Å². The third-order valence-corrected chi connectivity index (χ3v) is 4.25. The first kappa shape index (κ1) is 17.0. The number of pyridine rings is 1. The summed E-state index contributed by atoms with van der Waals surface area (Å²) in [5.74, 6) is -0.209. The van der Waals surface area contributed by atoms with Crippen molar-refractivity contribution in [3.05, 3.63) is 57.3 Å². The van der Waals surface area contributed by atoms with E-state index in [9.17, 15) is 18.0 Å². The average Bonchev–Trinajstić information content (AvgIpc) is 2.50. The molecule has 1 amide bonds. The molecule has 1 saturated heterocycles. The molecule has 1 aliphatic heterocycles. The normalized spacial score (nSPS) is 15.1. The predicted octanol–water partition coefficient (Wildman–Crippen LogP) is 3.61. The highest BCUT2D eigenvalue weighted by Gasteiger charge is 2.35. The van der Waals surface area contributed by atoms with Gasteiger partial charge in [0, 0.05) is 15.2 Å². The fraction of sp³-hybridized carbons (Fsp3) is 0.250. The Labute approximate surface area is 149 Å². The van der Waals surface area contributed by atoms with E-state index >= 15 is 0 Å². The second-order valence-electron chi connectivity index (χ2n) is 5.32. The van der Waals surface area contributed by atoms with E-state index in [1.54, 1.807) is 17.0 Å². The Hall–Kier alpha value is -1.84. The van der Waals surface area contributed by atoms with Crippen molar-refractivity contribution in [1.29, 1.82) is 0 Å². The van der Waals surface area contributed by atoms with Crippen LogP contribution in [0, 0.1) is 3.57 Å². The molecule has 0 radical (unpaired) electrons. The number of aromatic nitrogens is 1. The summed E-state index contributed by atoms with van der Waals surface area (Å²) in [5, 5.41) is 0. The number of rotatable bonds is 3. The SMILES string of the molecule is O=C(c1ccc(I)cc1)N1CC(Oc2cccc(C(F)(F)F)n2)C1. The standard InChI is InChI=1S/C16H12F3IN2O2/c17-16(18,19)13-2-1-3-14(21-13)24-12-8-22(9-12)15(23)10-4-6-11(20)7-5-10/h1-7,12H,8-9H2. The molecule has 1 aliphatic rings. The highest BCUT2D eigenvalue weighted by atomic mass is 127. The zero-order chi connectivity index (χ0) is 17.3. The zero-order valence-corrected chi connectivity index (χ0v) is 14.4. The number of carbonyl (C=O) groups is 1. The van der Waals surface area contributed by atoms with Gasteiger partial charge in [0.15, 0.2) is 0 Å². The van der Waals surface area contributed by atoms with E-state index in [1.807, 2.05) is 12.1 Å². The highest BCUT2D eigenvalue weighted by Crippen LogP contribution is 2.29. The van der Waals surface area contributed by atoms with Crippen molar-refractivity contribution in [2.75, 3.05) is 13.1 Å². The molecule has 0 bridgehead atoms. The lowest BCUT2D eigenvalue weighted by atomic mass is 10.1. The van der Waals surface area contributed by atoms with Crippen molar-refractivity contribution < 1.29 is 22.7 Å². The van der Waals surface area contributed by atoms with Gasteiger partial charge in [-0.2, -0.15) is 13.2 Å². The number of nitrogens with zero attached hydrogens (tertiary/aromatic N) is 2. The van der Waals surface area contributed by atoms with Gasteiger partial charge in [0.25, 0.3) is 5.91 Å². The molecular weight excluding hydrogens is 436 g/mol. The molecule has 0 aliphatic carbocycles. The van der Waals surface area contributed by atoms with Gasteiger partial charge in [0.05, 0.1) is 13.1 Å². The minimum Gasteiger partial charge on any atom is -0.471 e. The summed E-state index contributed by atoms with van der Waals surface area (Å²) in [6.07, 6.45) is -4.86. The molecule has 8 heteroatoms. The molecule has 1 fully saturated rings. The Bertz CT molecular complexity index is 744. The molecule has 4 nitrogen and oxygen atoms in total. The van der Waals surface area contributed by atoms with Crippen molar-refractivity contribution >= 4 is 28.5 Å². The maximum Gasteiger partial charge on any atom is 0.433 e. The minimum atomic E-state index is -4.51. The number of benzene rings is 1. The number of hydrogen-bond donors (Lipinski definition) is 0. The molecule has 1 aromatic heterocycles. The Morgan fingerprint density at radius 1 is 1.17 bits per heavy atom. The van der Waals surface area contributed by atoms with Crippen LogP contribution in [0.25, 0.3) is 0 Å². The first-order chi connectivity index (χ1) is 11.3. The second-order valence-corrected chi connectivity index (χ2v) is 6.56. The number of alkyl halides is 3. The number of likely N-dealkylation sites (tertiary alicyclic amines) is 1. The Kier molecular flexibility index (Phi) is 4.66. The first-order valence-electron chi connectivity index (χ1n) is 7.09. The Morgan fingerprint density at radius 2 is 1.83 bits per heavy atom. The third-order valence-electron chi connectivity index (χ3n) is 3.53. The van der Waals surface area contributed by atoms with Gasteiger partial charge in [-0.05, 0) is 52.9 Å². The quantitative estimate of drug-likeness (QED) is 0.675.